The van der Waals surface area contributed by atoms with Gasteiger partial charge in [-0.15, -0.1) is 0 Å². The number of rotatable bonds is 6. The molecule has 0 spiro atoms. The van der Waals surface area contributed by atoms with Gasteiger partial charge in [0.05, 0.1) is 7.11 Å². The van der Waals surface area contributed by atoms with E-state index in [1.807, 2.05) is 32.0 Å². The first-order chi connectivity index (χ1) is 8.74. The molecule has 3 nitrogen and oxygen atoms in total. The first-order valence-electron chi connectivity index (χ1n) is 6.74. The van der Waals surface area contributed by atoms with Gasteiger partial charge in [-0.05, 0) is 49.9 Å². The number of ketones is 1. The van der Waals surface area contributed by atoms with Gasteiger partial charge in [0.15, 0.2) is 5.78 Å². The van der Waals surface area contributed by atoms with Crippen molar-refractivity contribution in [3.05, 3.63) is 29.3 Å². The van der Waals surface area contributed by atoms with E-state index in [9.17, 15) is 4.79 Å². The van der Waals surface area contributed by atoms with Gasteiger partial charge >= 0.3 is 0 Å². The van der Waals surface area contributed by atoms with Gasteiger partial charge in [-0.25, -0.2) is 0 Å². The molecular formula is C16H25NO2. The van der Waals surface area contributed by atoms with Crippen molar-refractivity contribution in [1.29, 1.82) is 0 Å². The summed E-state index contributed by atoms with van der Waals surface area (Å²) < 4.78 is 5.32. The SMILES string of the molecule is COc1ccc(C(=O)CCC(C)(C)N)cc1C(C)C. The van der Waals surface area contributed by atoms with E-state index in [1.54, 1.807) is 7.11 Å². The van der Waals surface area contributed by atoms with Gasteiger partial charge in [0.2, 0.25) is 0 Å². The van der Waals surface area contributed by atoms with Crippen LogP contribution >= 0.6 is 0 Å². The van der Waals surface area contributed by atoms with Crippen LogP contribution in [0.15, 0.2) is 18.2 Å². The van der Waals surface area contributed by atoms with Crippen molar-refractivity contribution >= 4 is 5.78 Å². The van der Waals surface area contributed by atoms with Gasteiger partial charge < -0.3 is 10.5 Å². The van der Waals surface area contributed by atoms with Gasteiger partial charge in [-0.3, -0.25) is 4.79 Å². The lowest BCUT2D eigenvalue weighted by Crippen LogP contribution is -2.32. The van der Waals surface area contributed by atoms with Gasteiger partial charge in [0, 0.05) is 17.5 Å². The molecule has 19 heavy (non-hydrogen) atoms. The minimum absolute atomic E-state index is 0.142. The second kappa shape index (κ2) is 6.20. The molecule has 0 heterocycles. The maximum Gasteiger partial charge on any atom is 0.162 e. The number of ether oxygens (including phenoxy) is 1. The smallest absolute Gasteiger partial charge is 0.162 e. The number of hydrogen-bond donors (Lipinski definition) is 1. The monoisotopic (exact) mass is 263 g/mol. The van der Waals surface area contributed by atoms with Crippen LogP contribution in [0.1, 0.15) is 62.4 Å². The molecule has 0 aromatic heterocycles. The Balaban J connectivity index is 2.90. The molecule has 0 saturated heterocycles. The highest BCUT2D eigenvalue weighted by Crippen LogP contribution is 2.28. The molecule has 0 unspecified atom stereocenters. The summed E-state index contributed by atoms with van der Waals surface area (Å²) in [6.07, 6.45) is 1.17. The number of carbonyl (C=O) groups is 1. The Bertz CT molecular complexity index is 445. The fraction of sp³-hybridized carbons (Fsp3) is 0.562. The highest BCUT2D eigenvalue weighted by molar-refractivity contribution is 5.96. The van der Waals surface area contributed by atoms with E-state index in [2.05, 4.69) is 13.8 Å². The van der Waals surface area contributed by atoms with Crippen LogP contribution in [-0.4, -0.2) is 18.4 Å². The second-order valence-corrected chi connectivity index (χ2v) is 6.02. The molecule has 1 rings (SSSR count). The van der Waals surface area contributed by atoms with E-state index >= 15 is 0 Å². The number of benzene rings is 1. The lowest BCUT2D eigenvalue weighted by Gasteiger charge is -2.18. The standard InChI is InChI=1S/C16H25NO2/c1-11(2)13-10-12(6-7-15(13)19-5)14(18)8-9-16(3,4)17/h6-7,10-11H,8-9,17H2,1-5H3. The highest BCUT2D eigenvalue weighted by atomic mass is 16.5. The third-order valence-corrected chi connectivity index (χ3v) is 3.17. The van der Waals surface area contributed by atoms with Crippen LogP contribution in [0.4, 0.5) is 0 Å². The fourth-order valence-corrected chi connectivity index (χ4v) is 1.94. The second-order valence-electron chi connectivity index (χ2n) is 6.02. The molecule has 0 radical (unpaired) electrons. The Kier molecular flexibility index (Phi) is 5.12. The predicted octanol–water partition coefficient (Wildman–Crippen LogP) is 3.52. The van der Waals surface area contributed by atoms with E-state index < -0.39 is 0 Å². The van der Waals surface area contributed by atoms with Crippen LogP contribution < -0.4 is 10.5 Å². The molecule has 0 saturated carbocycles. The molecule has 0 atom stereocenters. The topological polar surface area (TPSA) is 52.3 Å². The number of Topliss-reactive ketones (excluding diaryl/α,β-unsaturated/α-hetero) is 1. The summed E-state index contributed by atoms with van der Waals surface area (Å²) in [5.41, 5.74) is 7.42. The summed E-state index contributed by atoms with van der Waals surface area (Å²) in [6, 6.07) is 5.64. The molecule has 2 N–H and O–H groups in total. The Morgan fingerprint density at radius 2 is 2.00 bits per heavy atom. The van der Waals surface area contributed by atoms with Crippen LogP contribution in [0.25, 0.3) is 0 Å². The summed E-state index contributed by atoms with van der Waals surface area (Å²) in [5, 5.41) is 0. The normalized spacial score (nSPS) is 11.7. The Hall–Kier alpha value is -1.35. The van der Waals surface area contributed by atoms with E-state index in [4.69, 9.17) is 10.5 Å². The number of nitrogens with two attached hydrogens (primary N) is 1. The molecule has 0 aliphatic rings. The van der Waals surface area contributed by atoms with Gasteiger partial charge in [0.25, 0.3) is 0 Å². The molecular weight excluding hydrogens is 238 g/mol. The zero-order valence-corrected chi connectivity index (χ0v) is 12.6. The zero-order valence-electron chi connectivity index (χ0n) is 12.6. The zero-order chi connectivity index (χ0) is 14.6. The van der Waals surface area contributed by atoms with Crippen molar-refractivity contribution in [3.63, 3.8) is 0 Å². The van der Waals surface area contributed by atoms with Crippen LogP contribution in [-0.2, 0) is 0 Å². The molecule has 1 aromatic carbocycles. The minimum Gasteiger partial charge on any atom is -0.496 e. The van der Waals surface area contributed by atoms with Crippen LogP contribution in [0, 0.1) is 0 Å². The molecule has 106 valence electrons. The maximum atomic E-state index is 12.2. The number of methoxy groups -OCH3 is 1. The largest absolute Gasteiger partial charge is 0.496 e. The van der Waals surface area contributed by atoms with E-state index in [0.717, 1.165) is 16.9 Å². The van der Waals surface area contributed by atoms with Gasteiger partial charge in [-0.1, -0.05) is 13.8 Å². The molecule has 0 amide bonds. The summed E-state index contributed by atoms with van der Waals surface area (Å²) >= 11 is 0. The molecule has 0 aliphatic carbocycles. The average molecular weight is 263 g/mol. The van der Waals surface area contributed by atoms with Crippen molar-refractivity contribution in [2.75, 3.05) is 7.11 Å². The summed E-state index contributed by atoms with van der Waals surface area (Å²) in [4.78, 5) is 12.2. The Morgan fingerprint density at radius 1 is 1.37 bits per heavy atom. The first kappa shape index (κ1) is 15.7. The van der Waals surface area contributed by atoms with Gasteiger partial charge in [-0.2, -0.15) is 0 Å². The lowest BCUT2D eigenvalue weighted by atomic mass is 9.93. The molecule has 0 bridgehead atoms. The van der Waals surface area contributed by atoms with Crippen LogP contribution in [0.5, 0.6) is 5.75 Å². The Morgan fingerprint density at radius 3 is 2.47 bits per heavy atom. The number of carbonyl (C=O) groups excluding carboxylic acids is 1. The summed E-state index contributed by atoms with van der Waals surface area (Å²) in [5.74, 6) is 1.31. The number of hydrogen-bond acceptors (Lipinski definition) is 3. The molecule has 0 aliphatic heterocycles. The third kappa shape index (κ3) is 4.67. The molecule has 1 aromatic rings. The Labute approximate surface area is 116 Å². The van der Waals surface area contributed by atoms with Crippen molar-refractivity contribution in [2.24, 2.45) is 5.73 Å². The van der Waals surface area contributed by atoms with Crippen LogP contribution in [0.3, 0.4) is 0 Å². The molecule has 0 fully saturated rings. The van der Waals surface area contributed by atoms with Crippen LogP contribution in [0.2, 0.25) is 0 Å². The van der Waals surface area contributed by atoms with Crippen molar-refractivity contribution < 1.29 is 9.53 Å². The summed E-state index contributed by atoms with van der Waals surface area (Å²) in [7, 11) is 1.65. The van der Waals surface area contributed by atoms with Crippen molar-refractivity contribution in [3.8, 4) is 5.75 Å². The van der Waals surface area contributed by atoms with E-state index in [-0.39, 0.29) is 11.3 Å². The maximum absolute atomic E-state index is 12.2. The van der Waals surface area contributed by atoms with Crippen molar-refractivity contribution in [1.82, 2.24) is 0 Å². The summed E-state index contributed by atoms with van der Waals surface area (Å²) in [6.45, 7) is 8.06. The van der Waals surface area contributed by atoms with Gasteiger partial charge in [0.1, 0.15) is 5.75 Å². The highest BCUT2D eigenvalue weighted by Gasteiger charge is 2.16. The first-order valence-corrected chi connectivity index (χ1v) is 6.74. The van der Waals surface area contributed by atoms with Crippen molar-refractivity contribution in [2.45, 2.75) is 52.0 Å². The quantitative estimate of drug-likeness (QED) is 0.799. The average Bonchev–Trinajstić information content (AvgIpc) is 2.34. The lowest BCUT2D eigenvalue weighted by molar-refractivity contribution is 0.0972. The predicted molar refractivity (Wildman–Crippen MR) is 78.9 cm³/mol. The third-order valence-electron chi connectivity index (χ3n) is 3.17. The fourth-order valence-electron chi connectivity index (χ4n) is 1.94. The van der Waals surface area contributed by atoms with E-state index in [0.29, 0.717) is 18.8 Å². The van der Waals surface area contributed by atoms with E-state index in [1.165, 1.54) is 0 Å². The minimum atomic E-state index is -0.303. The molecule has 3 heteroatoms.